The first-order chi connectivity index (χ1) is 1.73. The summed E-state index contributed by atoms with van der Waals surface area (Å²) in [6, 6.07) is 0. The molecule has 44 valence electrons. The summed E-state index contributed by atoms with van der Waals surface area (Å²) in [6.45, 7) is 0. The van der Waals surface area contributed by atoms with E-state index in [4.69, 9.17) is 15.3 Å². The Morgan fingerprint density at radius 3 is 1.14 bits per heavy atom. The van der Waals surface area contributed by atoms with Crippen molar-refractivity contribution in [2.75, 3.05) is 0 Å². The molecular weight excluding hydrogens is 508 g/mol. The molecule has 0 bridgehead atoms. The molecule has 0 atom stereocenters. The van der Waals surface area contributed by atoms with Crippen LogP contribution in [0.3, 0.4) is 0 Å². The minimum atomic E-state index is -1.75. The first kappa shape index (κ1) is 23.8. The van der Waals surface area contributed by atoms with Crippen LogP contribution < -0.4 is 0 Å². The number of hydrogen-bond donors (Lipinski definition) is 0. The molecule has 0 fully saturated rings. The van der Waals surface area contributed by atoms with E-state index >= 15 is 0 Å². The van der Waals surface area contributed by atoms with Gasteiger partial charge in [0.1, 0.15) is 0 Å². The van der Waals surface area contributed by atoms with Gasteiger partial charge in [-0.25, -0.2) is 0 Å². The monoisotopic (exact) mass is 516 g/mol. The van der Waals surface area contributed by atoms with Gasteiger partial charge >= 0.3 is 54.6 Å². The standard InChI is InChI=1S/NO3.2Pb.H2S.4H/c2-1(3)4;;;;;;;/h;;;1H2;;;;/q-1;;;;;;;. The van der Waals surface area contributed by atoms with E-state index in [0.717, 1.165) is 0 Å². The predicted octanol–water partition coefficient (Wildman–Crippen LogP) is -1.96. The molecular formula is H6NO3Pb2S-. The van der Waals surface area contributed by atoms with E-state index in [2.05, 4.69) is 0 Å². The van der Waals surface area contributed by atoms with E-state index in [9.17, 15) is 0 Å². The Morgan fingerprint density at radius 2 is 1.14 bits per heavy atom. The van der Waals surface area contributed by atoms with Crippen LogP contribution in [0.5, 0.6) is 0 Å². The van der Waals surface area contributed by atoms with Crippen LogP contribution in [0.25, 0.3) is 0 Å². The van der Waals surface area contributed by atoms with E-state index < -0.39 is 5.09 Å². The van der Waals surface area contributed by atoms with E-state index in [1.165, 1.54) is 0 Å². The van der Waals surface area contributed by atoms with Crippen molar-refractivity contribution in [3.8, 4) is 0 Å². The Kier molecular flexibility index (Phi) is 53.2. The van der Waals surface area contributed by atoms with Crippen LogP contribution >= 0.6 is 13.5 Å². The van der Waals surface area contributed by atoms with Crippen LogP contribution in [0.2, 0.25) is 0 Å². The fraction of sp³-hybridized carbons (Fsp3) is 0. The van der Waals surface area contributed by atoms with Gasteiger partial charge in [0.25, 0.3) is 0 Å². The van der Waals surface area contributed by atoms with E-state index in [0.29, 0.717) is 0 Å². The van der Waals surface area contributed by atoms with Gasteiger partial charge in [-0.3, -0.25) is 0 Å². The van der Waals surface area contributed by atoms with Crippen molar-refractivity contribution < 1.29 is 5.09 Å². The van der Waals surface area contributed by atoms with Crippen molar-refractivity contribution in [3.63, 3.8) is 0 Å². The third-order valence-corrected chi connectivity index (χ3v) is 0. The molecule has 0 spiro atoms. The molecule has 0 amide bonds. The second kappa shape index (κ2) is 15.7. The maximum atomic E-state index is 8.25. The van der Waals surface area contributed by atoms with Crippen molar-refractivity contribution in [2.45, 2.75) is 0 Å². The van der Waals surface area contributed by atoms with Gasteiger partial charge in [-0.05, 0) is 0 Å². The van der Waals surface area contributed by atoms with Gasteiger partial charge in [0.15, 0.2) is 0 Å². The van der Waals surface area contributed by atoms with Gasteiger partial charge in [-0.15, -0.1) is 0 Å². The molecule has 0 unspecified atom stereocenters. The minimum absolute atomic E-state index is 0. The molecule has 0 rings (SSSR count). The zero-order chi connectivity index (χ0) is 3.58. The molecule has 4 radical (unpaired) electrons. The first-order valence-electron chi connectivity index (χ1n) is 0.548. The van der Waals surface area contributed by atoms with Crippen LogP contribution in [-0.2, 0) is 0 Å². The van der Waals surface area contributed by atoms with Crippen molar-refractivity contribution in [1.29, 1.82) is 0 Å². The molecule has 7 heteroatoms. The average Bonchev–Trinajstić information content (AvgIpc) is 0.811. The Hall–Kier alpha value is 1.39. The molecule has 0 saturated carbocycles. The molecule has 0 aromatic heterocycles. The summed E-state index contributed by atoms with van der Waals surface area (Å²) in [6.07, 6.45) is 0. The maximum absolute atomic E-state index is 8.25. The average molecular weight is 515 g/mol. The van der Waals surface area contributed by atoms with Crippen LogP contribution in [0.1, 0.15) is 0 Å². The topological polar surface area (TPSA) is 66.2 Å². The molecule has 0 aliphatic rings. The SMILES string of the molecule is O=[N+]([O-])[O-].S.[PbH2].[PbH2]. The molecule has 0 aromatic carbocycles. The summed E-state index contributed by atoms with van der Waals surface area (Å²) < 4.78 is 0. The molecule has 0 aromatic rings. The Balaban J connectivity index is -0.0000000150. The van der Waals surface area contributed by atoms with Gasteiger partial charge in [0.05, 0.1) is 5.09 Å². The molecule has 0 heterocycles. The third-order valence-electron chi connectivity index (χ3n) is 0. The zero-order valence-corrected chi connectivity index (χ0v) is 15.6. The summed E-state index contributed by atoms with van der Waals surface area (Å²) >= 11 is 0. The predicted molar refractivity (Wildman–Crippen MR) is 37.8 cm³/mol. The summed E-state index contributed by atoms with van der Waals surface area (Å²) in [7, 11) is 0. The molecule has 7 heavy (non-hydrogen) atoms. The van der Waals surface area contributed by atoms with Gasteiger partial charge in [-0.1, -0.05) is 0 Å². The fourth-order valence-corrected chi connectivity index (χ4v) is 0. The van der Waals surface area contributed by atoms with E-state index in [1.54, 1.807) is 0 Å². The number of rotatable bonds is 0. The zero-order valence-electron chi connectivity index (χ0n) is 3.59. The molecule has 0 N–H and O–H groups in total. The first-order valence-corrected chi connectivity index (χ1v) is 0.548. The second-order valence-electron chi connectivity index (χ2n) is 0.224. The van der Waals surface area contributed by atoms with E-state index in [1.807, 2.05) is 0 Å². The normalized spacial score (nSPS) is 3.43. The summed E-state index contributed by atoms with van der Waals surface area (Å²) in [4.78, 5) is 8.25. The van der Waals surface area contributed by atoms with Crippen LogP contribution in [0, 0.1) is 15.3 Å². The third kappa shape index (κ3) is 111. The Labute approximate surface area is 87.5 Å². The van der Waals surface area contributed by atoms with Crippen molar-refractivity contribution in [1.82, 2.24) is 0 Å². The van der Waals surface area contributed by atoms with Crippen LogP contribution in [-0.4, -0.2) is 59.7 Å². The summed E-state index contributed by atoms with van der Waals surface area (Å²) in [5, 5.41) is 14.8. The Bertz CT molecular complexity index is 35.9. The molecule has 0 aliphatic carbocycles. The van der Waals surface area contributed by atoms with Crippen molar-refractivity contribution in [2.24, 2.45) is 0 Å². The fourth-order valence-electron chi connectivity index (χ4n) is 0. The summed E-state index contributed by atoms with van der Waals surface area (Å²) in [5.41, 5.74) is 0. The summed E-state index contributed by atoms with van der Waals surface area (Å²) in [5.74, 6) is 0. The second-order valence-corrected chi connectivity index (χ2v) is 0.224. The molecule has 0 aliphatic heterocycles. The molecule has 0 saturated heterocycles. The van der Waals surface area contributed by atoms with Crippen LogP contribution in [0.15, 0.2) is 0 Å². The quantitative estimate of drug-likeness (QED) is 0.214. The van der Waals surface area contributed by atoms with Gasteiger partial charge in [-0.2, -0.15) is 13.5 Å². The van der Waals surface area contributed by atoms with E-state index in [-0.39, 0.29) is 68.1 Å². The number of hydrogen-bond acceptors (Lipinski definition) is 3. The number of nitrogens with zero attached hydrogens (tertiary/aromatic N) is 1. The Morgan fingerprint density at radius 1 is 1.14 bits per heavy atom. The van der Waals surface area contributed by atoms with Crippen LogP contribution in [0.4, 0.5) is 0 Å². The van der Waals surface area contributed by atoms with Gasteiger partial charge < -0.3 is 15.3 Å². The van der Waals surface area contributed by atoms with Gasteiger partial charge in [0, 0.05) is 0 Å². The van der Waals surface area contributed by atoms with Gasteiger partial charge in [0.2, 0.25) is 0 Å². The van der Waals surface area contributed by atoms with Crippen molar-refractivity contribution >= 4 is 68.1 Å². The molecule has 4 nitrogen and oxygen atoms in total. The van der Waals surface area contributed by atoms with Crippen molar-refractivity contribution in [3.05, 3.63) is 15.3 Å².